The molecule has 0 aliphatic carbocycles. The molecule has 1 aromatic rings. The van der Waals surface area contributed by atoms with Gasteiger partial charge in [-0.2, -0.15) is 0 Å². The van der Waals surface area contributed by atoms with Crippen molar-refractivity contribution in [2.45, 2.75) is 43.6 Å². The Labute approximate surface area is 124 Å². The maximum Gasteiger partial charge on any atom is 0.332 e. The molecule has 1 unspecified atom stereocenters. The van der Waals surface area contributed by atoms with Crippen LogP contribution in [0.2, 0.25) is 0 Å². The predicted octanol–water partition coefficient (Wildman–Crippen LogP) is 1.10. The van der Waals surface area contributed by atoms with Crippen molar-refractivity contribution in [2.75, 3.05) is 6.54 Å². The van der Waals surface area contributed by atoms with Gasteiger partial charge in [0.1, 0.15) is 0 Å². The third kappa shape index (κ3) is 5.11. The zero-order chi connectivity index (χ0) is 16.3. The maximum absolute atomic E-state index is 12.0. The second-order valence-corrected chi connectivity index (χ2v) is 7.58. The van der Waals surface area contributed by atoms with Gasteiger partial charge in [0, 0.05) is 6.54 Å². The molecule has 0 saturated heterocycles. The van der Waals surface area contributed by atoms with Crippen LogP contribution in [0.25, 0.3) is 0 Å². The molecule has 1 atom stereocenters. The first kappa shape index (κ1) is 17.6. The summed E-state index contributed by atoms with van der Waals surface area (Å²) in [6, 6.07) is 6.52. The highest BCUT2D eigenvalue weighted by atomic mass is 32.2. The molecular weight excluding hydrogens is 294 g/mol. The van der Waals surface area contributed by atoms with Gasteiger partial charge in [0.05, 0.1) is 4.90 Å². The SMILES string of the molecule is CC(C)(C)c1ccc(S(=O)(=O)NCCC(O)C(=O)O)cc1. The predicted molar refractivity (Wildman–Crippen MR) is 78.6 cm³/mol. The molecule has 0 fully saturated rings. The van der Waals surface area contributed by atoms with Crippen molar-refractivity contribution in [3.8, 4) is 0 Å². The van der Waals surface area contributed by atoms with Gasteiger partial charge in [0.2, 0.25) is 10.0 Å². The van der Waals surface area contributed by atoms with Gasteiger partial charge in [-0.25, -0.2) is 17.9 Å². The highest BCUT2D eigenvalue weighted by Crippen LogP contribution is 2.23. The Hall–Kier alpha value is -1.44. The Morgan fingerprint density at radius 1 is 1.24 bits per heavy atom. The molecule has 118 valence electrons. The summed E-state index contributed by atoms with van der Waals surface area (Å²) in [7, 11) is -3.70. The topological polar surface area (TPSA) is 104 Å². The molecule has 0 saturated carbocycles. The quantitative estimate of drug-likeness (QED) is 0.729. The number of carboxylic acid groups (broad SMARTS) is 1. The van der Waals surface area contributed by atoms with E-state index in [0.717, 1.165) is 5.56 Å². The Balaban J connectivity index is 2.73. The third-order valence-electron chi connectivity index (χ3n) is 3.03. The summed E-state index contributed by atoms with van der Waals surface area (Å²) in [5.74, 6) is -1.37. The number of rotatable bonds is 6. The molecule has 0 aliphatic rings. The Bertz CT molecular complexity index is 587. The van der Waals surface area contributed by atoms with E-state index < -0.39 is 22.1 Å². The number of aliphatic hydroxyl groups is 1. The fraction of sp³-hybridized carbons (Fsp3) is 0.500. The summed E-state index contributed by atoms with van der Waals surface area (Å²) < 4.78 is 26.3. The number of nitrogens with one attached hydrogen (secondary N) is 1. The molecule has 0 amide bonds. The van der Waals surface area contributed by atoms with Crippen LogP contribution in [0.4, 0.5) is 0 Å². The van der Waals surface area contributed by atoms with Crippen molar-refractivity contribution < 1.29 is 23.4 Å². The smallest absolute Gasteiger partial charge is 0.332 e. The van der Waals surface area contributed by atoms with E-state index in [1.54, 1.807) is 12.1 Å². The average molecular weight is 315 g/mol. The normalized spacial score (nSPS) is 13.9. The van der Waals surface area contributed by atoms with Gasteiger partial charge in [-0.15, -0.1) is 0 Å². The monoisotopic (exact) mass is 315 g/mol. The molecule has 1 rings (SSSR count). The molecule has 0 radical (unpaired) electrons. The van der Waals surface area contributed by atoms with Gasteiger partial charge >= 0.3 is 5.97 Å². The van der Waals surface area contributed by atoms with Crippen LogP contribution in [0, 0.1) is 0 Å². The van der Waals surface area contributed by atoms with E-state index in [1.165, 1.54) is 12.1 Å². The van der Waals surface area contributed by atoms with Crippen LogP contribution in [0.5, 0.6) is 0 Å². The Morgan fingerprint density at radius 3 is 2.19 bits per heavy atom. The summed E-state index contributed by atoms with van der Waals surface area (Å²) >= 11 is 0. The lowest BCUT2D eigenvalue weighted by atomic mass is 9.87. The molecule has 3 N–H and O–H groups in total. The highest BCUT2D eigenvalue weighted by Gasteiger charge is 2.19. The molecule has 0 spiro atoms. The minimum atomic E-state index is -3.70. The molecule has 7 heteroatoms. The third-order valence-corrected chi connectivity index (χ3v) is 4.50. The molecule has 0 aromatic heterocycles. The minimum absolute atomic E-state index is 0.0681. The summed E-state index contributed by atoms with van der Waals surface area (Å²) in [6.07, 6.45) is -1.76. The minimum Gasteiger partial charge on any atom is -0.479 e. The van der Waals surface area contributed by atoms with E-state index >= 15 is 0 Å². The molecule has 21 heavy (non-hydrogen) atoms. The summed E-state index contributed by atoms with van der Waals surface area (Å²) in [5, 5.41) is 17.6. The molecule has 0 aliphatic heterocycles. The summed E-state index contributed by atoms with van der Waals surface area (Å²) in [4.78, 5) is 10.5. The van der Waals surface area contributed by atoms with Crippen LogP contribution >= 0.6 is 0 Å². The van der Waals surface area contributed by atoms with Crippen LogP contribution in [0.15, 0.2) is 29.2 Å². The standard InChI is InChI=1S/C14H21NO5S/c1-14(2,3)10-4-6-11(7-5-10)21(19,20)15-9-8-12(16)13(17)18/h4-7,12,15-16H,8-9H2,1-3H3,(H,17,18). The van der Waals surface area contributed by atoms with E-state index in [1.807, 2.05) is 20.8 Å². The number of hydrogen-bond donors (Lipinski definition) is 3. The largest absolute Gasteiger partial charge is 0.479 e. The summed E-state index contributed by atoms with van der Waals surface area (Å²) in [5.41, 5.74) is 0.948. The van der Waals surface area contributed by atoms with E-state index in [0.29, 0.717) is 0 Å². The molecule has 0 heterocycles. The fourth-order valence-electron chi connectivity index (χ4n) is 1.67. The van der Waals surface area contributed by atoms with Crippen LogP contribution in [-0.4, -0.2) is 37.2 Å². The number of benzene rings is 1. The van der Waals surface area contributed by atoms with E-state index in [9.17, 15) is 13.2 Å². The maximum atomic E-state index is 12.0. The van der Waals surface area contributed by atoms with Crippen LogP contribution in [-0.2, 0) is 20.2 Å². The molecule has 6 nitrogen and oxygen atoms in total. The molecule has 0 bridgehead atoms. The number of aliphatic carboxylic acids is 1. The number of sulfonamides is 1. The molecular formula is C14H21NO5S. The lowest BCUT2D eigenvalue weighted by Gasteiger charge is -2.19. The average Bonchev–Trinajstić information content (AvgIpc) is 2.37. The van der Waals surface area contributed by atoms with Crippen molar-refractivity contribution in [3.63, 3.8) is 0 Å². The van der Waals surface area contributed by atoms with Crippen molar-refractivity contribution in [1.29, 1.82) is 0 Å². The van der Waals surface area contributed by atoms with Gasteiger partial charge in [0.15, 0.2) is 6.10 Å². The number of carbonyl (C=O) groups is 1. The van der Waals surface area contributed by atoms with Crippen LogP contribution in [0.1, 0.15) is 32.8 Å². The van der Waals surface area contributed by atoms with E-state index in [4.69, 9.17) is 10.2 Å². The second kappa shape index (κ2) is 6.55. The van der Waals surface area contributed by atoms with Gasteiger partial charge in [-0.1, -0.05) is 32.9 Å². The zero-order valence-corrected chi connectivity index (χ0v) is 13.1. The second-order valence-electron chi connectivity index (χ2n) is 5.81. The van der Waals surface area contributed by atoms with E-state index in [2.05, 4.69) is 4.72 Å². The van der Waals surface area contributed by atoms with E-state index in [-0.39, 0.29) is 23.3 Å². The van der Waals surface area contributed by atoms with Gasteiger partial charge in [0.25, 0.3) is 0 Å². The van der Waals surface area contributed by atoms with Crippen LogP contribution in [0.3, 0.4) is 0 Å². The highest BCUT2D eigenvalue weighted by molar-refractivity contribution is 7.89. The fourth-order valence-corrected chi connectivity index (χ4v) is 2.72. The van der Waals surface area contributed by atoms with Crippen molar-refractivity contribution in [2.24, 2.45) is 0 Å². The van der Waals surface area contributed by atoms with Gasteiger partial charge < -0.3 is 10.2 Å². The van der Waals surface area contributed by atoms with Crippen molar-refractivity contribution >= 4 is 16.0 Å². The Kier molecular flexibility index (Phi) is 5.49. The van der Waals surface area contributed by atoms with Gasteiger partial charge in [-0.05, 0) is 29.5 Å². The van der Waals surface area contributed by atoms with Crippen molar-refractivity contribution in [1.82, 2.24) is 4.72 Å². The summed E-state index contributed by atoms with van der Waals surface area (Å²) in [6.45, 7) is 5.95. The van der Waals surface area contributed by atoms with Crippen molar-refractivity contribution in [3.05, 3.63) is 29.8 Å². The lowest BCUT2D eigenvalue weighted by molar-refractivity contribution is -0.146. The number of aliphatic hydroxyl groups excluding tert-OH is 1. The number of hydrogen-bond acceptors (Lipinski definition) is 4. The first-order chi connectivity index (χ1) is 9.54. The lowest BCUT2D eigenvalue weighted by Crippen LogP contribution is -2.30. The first-order valence-electron chi connectivity index (χ1n) is 6.55. The first-order valence-corrected chi connectivity index (χ1v) is 8.03. The molecule has 1 aromatic carbocycles. The Morgan fingerprint density at radius 2 is 1.76 bits per heavy atom. The van der Waals surface area contributed by atoms with Gasteiger partial charge in [-0.3, -0.25) is 0 Å². The van der Waals surface area contributed by atoms with Crippen LogP contribution < -0.4 is 4.72 Å². The zero-order valence-electron chi connectivity index (χ0n) is 12.3. The number of carboxylic acids is 1.